The van der Waals surface area contributed by atoms with Crippen molar-refractivity contribution in [2.75, 3.05) is 5.32 Å². The molecule has 0 saturated heterocycles. The van der Waals surface area contributed by atoms with Gasteiger partial charge in [0.1, 0.15) is 0 Å². The Kier molecular flexibility index (Phi) is 5.35. The van der Waals surface area contributed by atoms with Crippen LogP contribution >= 0.6 is 12.2 Å². The molecule has 0 radical (unpaired) electrons. The maximum Gasteiger partial charge on any atom is 0.172 e. The summed E-state index contributed by atoms with van der Waals surface area (Å²) in [6, 6.07) is 27.1. The standard InChI is InChI=1S/C23H22N4S/c1-17(18-8-3-2-4-9-18)24-23(28)25-22-14-15-27(26-22)16-20-12-7-11-19-10-5-6-13-21(19)20/h2-15,17H,16H2,1H3,(H2,24,25,26,28). The van der Waals surface area contributed by atoms with Crippen molar-refractivity contribution in [3.05, 3.63) is 96.2 Å². The minimum absolute atomic E-state index is 0.124. The SMILES string of the molecule is CC(NC(=S)Nc1ccn(Cc2cccc3ccccc23)n1)c1ccccc1. The summed E-state index contributed by atoms with van der Waals surface area (Å²) in [5, 5.41) is 14.1. The van der Waals surface area contributed by atoms with Crippen molar-refractivity contribution in [2.45, 2.75) is 19.5 Å². The highest BCUT2D eigenvalue weighted by molar-refractivity contribution is 7.80. The molecule has 1 unspecified atom stereocenters. The van der Waals surface area contributed by atoms with Crippen molar-refractivity contribution in [1.29, 1.82) is 0 Å². The molecule has 0 saturated carbocycles. The zero-order valence-electron chi connectivity index (χ0n) is 15.7. The number of rotatable bonds is 5. The van der Waals surface area contributed by atoms with Crippen LogP contribution in [0.5, 0.6) is 0 Å². The molecule has 1 heterocycles. The van der Waals surface area contributed by atoms with E-state index in [4.69, 9.17) is 12.2 Å². The van der Waals surface area contributed by atoms with Crippen LogP contribution in [0.1, 0.15) is 24.1 Å². The summed E-state index contributed by atoms with van der Waals surface area (Å²) in [5.41, 5.74) is 2.43. The van der Waals surface area contributed by atoms with Crippen LogP contribution < -0.4 is 10.6 Å². The zero-order valence-corrected chi connectivity index (χ0v) is 16.5. The summed E-state index contributed by atoms with van der Waals surface area (Å²) in [7, 11) is 0. The van der Waals surface area contributed by atoms with Crippen LogP contribution in [-0.4, -0.2) is 14.9 Å². The van der Waals surface area contributed by atoms with Crippen molar-refractivity contribution in [3.63, 3.8) is 0 Å². The molecule has 4 nitrogen and oxygen atoms in total. The van der Waals surface area contributed by atoms with Crippen molar-refractivity contribution in [2.24, 2.45) is 0 Å². The Bertz CT molecular complexity index is 1080. The molecular formula is C23H22N4S. The Balaban J connectivity index is 1.41. The van der Waals surface area contributed by atoms with E-state index >= 15 is 0 Å². The maximum atomic E-state index is 5.44. The maximum absolute atomic E-state index is 5.44. The van der Waals surface area contributed by atoms with Gasteiger partial charge in [0.2, 0.25) is 0 Å². The highest BCUT2D eigenvalue weighted by Crippen LogP contribution is 2.19. The van der Waals surface area contributed by atoms with Crippen LogP contribution in [0, 0.1) is 0 Å². The van der Waals surface area contributed by atoms with Gasteiger partial charge in [-0.1, -0.05) is 72.8 Å². The molecular weight excluding hydrogens is 364 g/mol. The number of hydrogen-bond donors (Lipinski definition) is 2. The summed E-state index contributed by atoms with van der Waals surface area (Å²) in [6.07, 6.45) is 1.97. The molecule has 1 atom stereocenters. The van der Waals surface area contributed by atoms with Gasteiger partial charge in [0.05, 0.1) is 12.6 Å². The van der Waals surface area contributed by atoms with Crippen LogP contribution in [-0.2, 0) is 6.54 Å². The molecule has 0 spiro atoms. The molecule has 0 bridgehead atoms. The summed E-state index contributed by atoms with van der Waals surface area (Å²) < 4.78 is 1.92. The van der Waals surface area contributed by atoms with Crippen LogP contribution in [0.3, 0.4) is 0 Å². The number of anilines is 1. The van der Waals surface area contributed by atoms with Gasteiger partial charge in [-0.05, 0) is 41.0 Å². The fourth-order valence-electron chi connectivity index (χ4n) is 3.30. The molecule has 140 valence electrons. The first-order chi connectivity index (χ1) is 13.7. The normalized spacial score (nSPS) is 11.9. The van der Waals surface area contributed by atoms with Gasteiger partial charge in [-0.15, -0.1) is 0 Å². The molecule has 0 aliphatic rings. The Morgan fingerprint density at radius 2 is 1.71 bits per heavy atom. The van der Waals surface area contributed by atoms with Crippen LogP contribution in [0.15, 0.2) is 85.1 Å². The third-order valence-electron chi connectivity index (χ3n) is 4.74. The number of nitrogens with zero attached hydrogens (tertiary/aromatic N) is 2. The lowest BCUT2D eigenvalue weighted by Gasteiger charge is -2.16. The molecule has 0 aliphatic heterocycles. The summed E-state index contributed by atoms with van der Waals surface area (Å²) in [5.74, 6) is 0.734. The Morgan fingerprint density at radius 1 is 0.964 bits per heavy atom. The molecule has 4 rings (SSSR count). The Morgan fingerprint density at radius 3 is 2.57 bits per heavy atom. The predicted octanol–water partition coefficient (Wildman–Crippen LogP) is 5.13. The quantitative estimate of drug-likeness (QED) is 0.467. The van der Waals surface area contributed by atoms with E-state index in [9.17, 15) is 0 Å². The van der Waals surface area contributed by atoms with E-state index in [1.807, 2.05) is 35.1 Å². The van der Waals surface area contributed by atoms with Gasteiger partial charge in [0, 0.05) is 12.3 Å². The fourth-order valence-corrected chi connectivity index (χ4v) is 3.58. The number of fused-ring (bicyclic) bond motifs is 1. The van der Waals surface area contributed by atoms with E-state index in [2.05, 4.69) is 77.3 Å². The average Bonchev–Trinajstić information content (AvgIpc) is 3.15. The zero-order chi connectivity index (χ0) is 19.3. The third-order valence-corrected chi connectivity index (χ3v) is 4.96. The second-order valence-corrected chi connectivity index (χ2v) is 7.18. The van der Waals surface area contributed by atoms with Gasteiger partial charge in [-0.25, -0.2) is 0 Å². The Hall–Kier alpha value is -3.18. The van der Waals surface area contributed by atoms with Crippen molar-refractivity contribution in [1.82, 2.24) is 15.1 Å². The average molecular weight is 387 g/mol. The lowest BCUT2D eigenvalue weighted by Crippen LogP contribution is -2.31. The summed E-state index contributed by atoms with van der Waals surface area (Å²) >= 11 is 5.44. The second-order valence-electron chi connectivity index (χ2n) is 6.77. The van der Waals surface area contributed by atoms with Gasteiger partial charge < -0.3 is 10.6 Å². The van der Waals surface area contributed by atoms with Crippen molar-refractivity contribution >= 4 is 33.9 Å². The molecule has 0 fully saturated rings. The topological polar surface area (TPSA) is 41.9 Å². The molecule has 2 N–H and O–H groups in total. The monoisotopic (exact) mass is 386 g/mol. The first-order valence-electron chi connectivity index (χ1n) is 9.31. The van der Waals surface area contributed by atoms with Gasteiger partial charge in [-0.2, -0.15) is 5.10 Å². The van der Waals surface area contributed by atoms with Crippen LogP contribution in [0.25, 0.3) is 10.8 Å². The molecule has 0 aliphatic carbocycles. The summed E-state index contributed by atoms with van der Waals surface area (Å²) in [6.45, 7) is 2.80. The summed E-state index contributed by atoms with van der Waals surface area (Å²) in [4.78, 5) is 0. The molecule has 0 amide bonds. The van der Waals surface area contributed by atoms with Gasteiger partial charge in [-0.3, -0.25) is 4.68 Å². The minimum atomic E-state index is 0.124. The number of benzene rings is 3. The Labute approximate surface area is 170 Å². The lowest BCUT2D eigenvalue weighted by molar-refractivity contribution is 0.692. The van der Waals surface area contributed by atoms with E-state index < -0.39 is 0 Å². The first-order valence-corrected chi connectivity index (χ1v) is 9.72. The third kappa shape index (κ3) is 4.21. The van der Waals surface area contributed by atoms with Gasteiger partial charge in [0.25, 0.3) is 0 Å². The van der Waals surface area contributed by atoms with E-state index in [-0.39, 0.29) is 6.04 Å². The lowest BCUT2D eigenvalue weighted by atomic mass is 10.0. The molecule has 4 aromatic rings. The first kappa shape index (κ1) is 18.2. The van der Waals surface area contributed by atoms with Crippen molar-refractivity contribution < 1.29 is 0 Å². The van der Waals surface area contributed by atoms with Gasteiger partial charge in [0.15, 0.2) is 10.9 Å². The predicted molar refractivity (Wildman–Crippen MR) is 119 cm³/mol. The largest absolute Gasteiger partial charge is 0.356 e. The molecule has 3 aromatic carbocycles. The van der Waals surface area contributed by atoms with E-state index in [1.54, 1.807) is 0 Å². The minimum Gasteiger partial charge on any atom is -0.356 e. The van der Waals surface area contributed by atoms with Gasteiger partial charge >= 0.3 is 0 Å². The highest BCUT2D eigenvalue weighted by atomic mass is 32.1. The fraction of sp³-hybridized carbons (Fsp3) is 0.130. The van der Waals surface area contributed by atoms with E-state index in [0.717, 1.165) is 5.82 Å². The highest BCUT2D eigenvalue weighted by Gasteiger charge is 2.08. The van der Waals surface area contributed by atoms with Crippen molar-refractivity contribution in [3.8, 4) is 0 Å². The molecule has 28 heavy (non-hydrogen) atoms. The number of nitrogens with one attached hydrogen (secondary N) is 2. The molecule has 1 aromatic heterocycles. The number of thiocarbonyl (C=S) groups is 1. The smallest absolute Gasteiger partial charge is 0.172 e. The number of hydrogen-bond acceptors (Lipinski definition) is 2. The number of aromatic nitrogens is 2. The van der Waals surface area contributed by atoms with E-state index in [0.29, 0.717) is 11.7 Å². The second kappa shape index (κ2) is 8.23. The van der Waals surface area contributed by atoms with Crippen LogP contribution in [0.4, 0.5) is 5.82 Å². The van der Waals surface area contributed by atoms with E-state index in [1.165, 1.54) is 21.9 Å². The van der Waals surface area contributed by atoms with Crippen LogP contribution in [0.2, 0.25) is 0 Å². The molecule has 5 heteroatoms.